The molecule has 0 spiro atoms. The monoisotopic (exact) mass is 256 g/mol. The number of aromatic nitrogens is 2. The van der Waals surface area contributed by atoms with E-state index in [9.17, 15) is 0 Å². The summed E-state index contributed by atoms with van der Waals surface area (Å²) in [5, 5.41) is 7.28. The average Bonchev–Trinajstić information content (AvgIpc) is 2.39. The topological polar surface area (TPSA) is 65.1 Å². The van der Waals surface area contributed by atoms with E-state index in [1.165, 1.54) is 0 Å². The lowest BCUT2D eigenvalue weighted by atomic mass is 10.4. The molecular weight excluding hydrogens is 239 g/mol. The first-order valence-corrected chi connectivity index (χ1v) is 4.26. The summed E-state index contributed by atoms with van der Waals surface area (Å²) in [6.07, 6.45) is 2.73. The van der Waals surface area contributed by atoms with Crippen LogP contribution in [0.1, 0.15) is 6.42 Å². The lowest BCUT2D eigenvalue weighted by Gasteiger charge is -2.02. The van der Waals surface area contributed by atoms with E-state index in [1.54, 1.807) is 18.0 Å². The molecule has 7 heteroatoms. The van der Waals surface area contributed by atoms with Gasteiger partial charge in [0, 0.05) is 33.5 Å². The smallest absolute Gasteiger partial charge is 0.171 e. The average molecular weight is 257 g/mol. The zero-order valence-corrected chi connectivity index (χ0v) is 10.5. The summed E-state index contributed by atoms with van der Waals surface area (Å²) >= 11 is 0. The highest BCUT2D eigenvalue weighted by atomic mass is 35.5. The van der Waals surface area contributed by atoms with Crippen LogP contribution in [-0.4, -0.2) is 30.0 Å². The lowest BCUT2D eigenvalue weighted by molar-refractivity contribution is 0.198. The fraction of sp³-hybridized carbons (Fsp3) is 0.625. The Morgan fingerprint density at radius 3 is 2.67 bits per heavy atom. The molecule has 15 heavy (non-hydrogen) atoms. The van der Waals surface area contributed by atoms with Gasteiger partial charge in [-0.15, -0.1) is 24.8 Å². The van der Waals surface area contributed by atoms with Gasteiger partial charge in [-0.05, 0) is 6.42 Å². The lowest BCUT2D eigenvalue weighted by Crippen LogP contribution is -2.06. The Labute approximate surface area is 102 Å². The maximum atomic E-state index is 5.68. The van der Waals surface area contributed by atoms with Crippen LogP contribution in [0, 0.1) is 0 Å². The van der Waals surface area contributed by atoms with Crippen LogP contribution in [0.25, 0.3) is 0 Å². The van der Waals surface area contributed by atoms with Gasteiger partial charge in [0.2, 0.25) is 0 Å². The van der Waals surface area contributed by atoms with Gasteiger partial charge in [-0.1, -0.05) is 0 Å². The molecule has 0 saturated carbocycles. The van der Waals surface area contributed by atoms with Crippen molar-refractivity contribution < 1.29 is 4.74 Å². The van der Waals surface area contributed by atoms with Gasteiger partial charge in [0.25, 0.3) is 0 Å². The van der Waals surface area contributed by atoms with Crippen molar-refractivity contribution in [2.24, 2.45) is 7.05 Å². The van der Waals surface area contributed by atoms with E-state index in [-0.39, 0.29) is 24.8 Å². The van der Waals surface area contributed by atoms with Crippen LogP contribution in [-0.2, 0) is 11.8 Å². The molecule has 0 saturated heterocycles. The number of methoxy groups -OCH3 is 1. The predicted molar refractivity (Wildman–Crippen MR) is 67.1 cm³/mol. The number of hydrogen-bond donors (Lipinski definition) is 2. The first-order valence-electron chi connectivity index (χ1n) is 4.26. The molecule has 0 radical (unpaired) electrons. The summed E-state index contributed by atoms with van der Waals surface area (Å²) in [5.74, 6) is 0.749. The normalized spacial score (nSPS) is 8.93. The summed E-state index contributed by atoms with van der Waals surface area (Å²) in [5.41, 5.74) is 6.36. The molecule has 0 bridgehead atoms. The van der Waals surface area contributed by atoms with Gasteiger partial charge < -0.3 is 15.8 Å². The number of anilines is 2. The second-order valence-electron chi connectivity index (χ2n) is 2.88. The van der Waals surface area contributed by atoms with Gasteiger partial charge in [0.05, 0.1) is 5.69 Å². The summed E-state index contributed by atoms with van der Waals surface area (Å²) < 4.78 is 6.61. The predicted octanol–water partition coefficient (Wildman–Crippen LogP) is 1.29. The molecule has 0 amide bonds. The van der Waals surface area contributed by atoms with E-state index < -0.39 is 0 Å². The third kappa shape index (κ3) is 5.71. The molecule has 5 nitrogen and oxygen atoms in total. The highest BCUT2D eigenvalue weighted by Gasteiger charge is 2.01. The van der Waals surface area contributed by atoms with Crippen molar-refractivity contribution in [2.45, 2.75) is 6.42 Å². The zero-order chi connectivity index (χ0) is 9.68. The third-order valence-corrected chi connectivity index (χ3v) is 1.67. The van der Waals surface area contributed by atoms with Crippen molar-refractivity contribution in [1.29, 1.82) is 0 Å². The fourth-order valence-electron chi connectivity index (χ4n) is 1.07. The molecule has 3 N–H and O–H groups in total. The molecule has 1 aromatic rings. The Hall–Kier alpha value is -0.650. The Bertz CT molecular complexity index is 267. The van der Waals surface area contributed by atoms with Gasteiger partial charge in [-0.3, -0.25) is 4.68 Å². The second kappa shape index (κ2) is 8.64. The van der Waals surface area contributed by atoms with Gasteiger partial charge >= 0.3 is 0 Å². The van der Waals surface area contributed by atoms with Crippen molar-refractivity contribution in [2.75, 3.05) is 31.3 Å². The molecule has 1 heterocycles. The number of hydrogen-bond acceptors (Lipinski definition) is 4. The Kier molecular flexibility index (Phi) is 9.66. The van der Waals surface area contributed by atoms with Crippen molar-refractivity contribution in [3.63, 3.8) is 0 Å². The molecule has 0 fully saturated rings. The molecule has 0 atom stereocenters. The molecule has 0 aliphatic heterocycles. The van der Waals surface area contributed by atoms with Crippen molar-refractivity contribution >= 4 is 36.3 Å². The summed E-state index contributed by atoms with van der Waals surface area (Å²) in [4.78, 5) is 0. The fourth-order valence-corrected chi connectivity index (χ4v) is 1.07. The maximum Gasteiger partial charge on any atom is 0.171 e. The Balaban J connectivity index is 0. The van der Waals surface area contributed by atoms with Gasteiger partial charge in [0.1, 0.15) is 0 Å². The largest absolute Gasteiger partial charge is 0.394 e. The molecule has 90 valence electrons. The van der Waals surface area contributed by atoms with Crippen LogP contribution in [0.2, 0.25) is 0 Å². The van der Waals surface area contributed by atoms with E-state index in [1.807, 2.05) is 7.05 Å². The third-order valence-electron chi connectivity index (χ3n) is 1.67. The quantitative estimate of drug-likeness (QED) is 0.780. The number of nitrogen functional groups attached to an aromatic ring is 1. The van der Waals surface area contributed by atoms with Gasteiger partial charge in [-0.25, -0.2) is 0 Å². The maximum absolute atomic E-state index is 5.68. The molecule has 0 aliphatic rings. The number of nitrogens with one attached hydrogen (secondary N) is 1. The zero-order valence-electron chi connectivity index (χ0n) is 8.90. The minimum absolute atomic E-state index is 0. The first kappa shape index (κ1) is 16.8. The second-order valence-corrected chi connectivity index (χ2v) is 2.88. The Morgan fingerprint density at radius 1 is 1.53 bits per heavy atom. The molecular formula is C8H18Cl2N4O. The number of rotatable bonds is 5. The van der Waals surface area contributed by atoms with Crippen LogP contribution in [0.5, 0.6) is 0 Å². The van der Waals surface area contributed by atoms with Gasteiger partial charge in [0.15, 0.2) is 5.82 Å². The minimum atomic E-state index is 0. The summed E-state index contributed by atoms with van der Waals surface area (Å²) in [6, 6.07) is 0. The number of nitrogens with two attached hydrogens (primary N) is 1. The molecule has 0 unspecified atom stereocenters. The van der Waals surface area contributed by atoms with E-state index in [0.29, 0.717) is 5.69 Å². The standard InChI is InChI=1S/C8H16N4O.2ClH/c1-12-6-7(9)8(11-12)10-4-3-5-13-2;;/h6H,3-5,9H2,1-2H3,(H,10,11);2*1H. The van der Waals surface area contributed by atoms with E-state index in [2.05, 4.69) is 10.4 Å². The van der Waals surface area contributed by atoms with E-state index in [4.69, 9.17) is 10.5 Å². The van der Waals surface area contributed by atoms with Crippen LogP contribution >= 0.6 is 24.8 Å². The highest BCUT2D eigenvalue weighted by Crippen LogP contribution is 2.13. The van der Waals surface area contributed by atoms with Gasteiger partial charge in [-0.2, -0.15) is 5.10 Å². The Morgan fingerprint density at radius 2 is 2.20 bits per heavy atom. The first-order chi connectivity index (χ1) is 6.24. The van der Waals surface area contributed by atoms with Crippen molar-refractivity contribution in [3.8, 4) is 0 Å². The minimum Gasteiger partial charge on any atom is -0.394 e. The summed E-state index contributed by atoms with van der Waals surface area (Å²) in [6.45, 7) is 1.58. The van der Waals surface area contributed by atoms with E-state index in [0.717, 1.165) is 25.4 Å². The van der Waals surface area contributed by atoms with E-state index >= 15 is 0 Å². The van der Waals surface area contributed by atoms with Crippen LogP contribution in [0.3, 0.4) is 0 Å². The SMILES string of the molecule is COCCCNc1nn(C)cc1N.Cl.Cl. The number of aryl methyl sites for hydroxylation is 1. The van der Waals surface area contributed by atoms with Crippen LogP contribution in [0.15, 0.2) is 6.20 Å². The molecule has 1 rings (SSSR count). The molecule has 1 aromatic heterocycles. The number of nitrogens with zero attached hydrogens (tertiary/aromatic N) is 2. The van der Waals surface area contributed by atoms with Crippen molar-refractivity contribution in [1.82, 2.24) is 9.78 Å². The van der Waals surface area contributed by atoms with Crippen LogP contribution < -0.4 is 11.1 Å². The summed E-state index contributed by atoms with van der Waals surface area (Å²) in [7, 11) is 3.53. The van der Waals surface area contributed by atoms with Crippen molar-refractivity contribution in [3.05, 3.63) is 6.20 Å². The highest BCUT2D eigenvalue weighted by molar-refractivity contribution is 5.85. The molecule has 0 aliphatic carbocycles. The number of ether oxygens (including phenoxy) is 1. The number of halogens is 2. The molecule has 0 aromatic carbocycles. The van der Waals surface area contributed by atoms with Crippen LogP contribution in [0.4, 0.5) is 11.5 Å².